The van der Waals surface area contributed by atoms with Gasteiger partial charge < -0.3 is 4.98 Å². The third kappa shape index (κ3) is 2.71. The molecule has 1 aromatic carbocycles. The molecular formula is C23H14FN5S. The van der Waals surface area contributed by atoms with Gasteiger partial charge in [0.15, 0.2) is 5.13 Å². The molecule has 144 valence electrons. The maximum Gasteiger partial charge on any atom is 0.176 e. The molecule has 5 aromatic heterocycles. The van der Waals surface area contributed by atoms with Crippen molar-refractivity contribution in [3.8, 4) is 33.0 Å². The van der Waals surface area contributed by atoms with E-state index in [1.165, 1.54) is 6.07 Å². The van der Waals surface area contributed by atoms with Crippen molar-refractivity contribution < 1.29 is 4.39 Å². The van der Waals surface area contributed by atoms with Crippen LogP contribution in [0.3, 0.4) is 0 Å². The first-order valence-corrected chi connectivity index (χ1v) is 10.2. The van der Waals surface area contributed by atoms with Gasteiger partial charge in [0.25, 0.3) is 0 Å². The Hall–Kier alpha value is -3.84. The molecule has 2 N–H and O–H groups in total. The topological polar surface area (TPSA) is 70.2 Å². The van der Waals surface area contributed by atoms with Crippen LogP contribution in [0.5, 0.6) is 0 Å². The van der Waals surface area contributed by atoms with E-state index in [1.54, 1.807) is 18.5 Å². The van der Waals surface area contributed by atoms with E-state index in [1.807, 2.05) is 36.5 Å². The number of fused-ring (bicyclic) bond motifs is 2. The highest BCUT2D eigenvalue weighted by molar-refractivity contribution is 7.14. The second-order valence-corrected chi connectivity index (χ2v) is 8.02. The predicted molar refractivity (Wildman–Crippen MR) is 118 cm³/mol. The zero-order valence-corrected chi connectivity index (χ0v) is 16.4. The number of rotatable bonds is 3. The number of hydrogen-bond acceptors (Lipinski definition) is 4. The molecule has 0 atom stereocenters. The normalized spacial score (nSPS) is 11.5. The Balaban J connectivity index is 1.52. The Morgan fingerprint density at radius 3 is 2.70 bits per heavy atom. The standard InChI is InChI=1S/C23H14FN5S/c24-21-6-5-20(30-21)15-7-9-26-23-16(15)11-19(27-23)22-17-10-13(3-4-18(17)28-29-22)14-2-1-8-25-12-14/h1-12H,(H,26,27)(H,28,29). The maximum atomic E-state index is 13.6. The number of H-pyrrole nitrogens is 2. The Morgan fingerprint density at radius 1 is 0.900 bits per heavy atom. The van der Waals surface area contributed by atoms with E-state index in [0.29, 0.717) is 0 Å². The van der Waals surface area contributed by atoms with E-state index in [0.717, 1.165) is 66.2 Å². The number of thiophene rings is 1. The minimum absolute atomic E-state index is 0.202. The lowest BCUT2D eigenvalue weighted by atomic mass is 10.0. The van der Waals surface area contributed by atoms with Gasteiger partial charge in [0.05, 0.1) is 11.2 Å². The Bertz CT molecular complexity index is 1510. The van der Waals surface area contributed by atoms with Crippen molar-refractivity contribution in [2.24, 2.45) is 0 Å². The summed E-state index contributed by atoms with van der Waals surface area (Å²) in [4.78, 5) is 12.9. The fourth-order valence-electron chi connectivity index (χ4n) is 3.76. The fourth-order valence-corrected chi connectivity index (χ4v) is 4.53. The van der Waals surface area contributed by atoms with Crippen LogP contribution in [-0.4, -0.2) is 25.1 Å². The molecule has 6 rings (SSSR count). The van der Waals surface area contributed by atoms with Gasteiger partial charge in [0, 0.05) is 45.4 Å². The zero-order chi connectivity index (χ0) is 20.1. The highest BCUT2D eigenvalue weighted by Crippen LogP contribution is 2.36. The average molecular weight is 411 g/mol. The van der Waals surface area contributed by atoms with Crippen LogP contribution in [0.15, 0.2) is 73.2 Å². The maximum absolute atomic E-state index is 13.6. The number of hydrogen-bond donors (Lipinski definition) is 2. The van der Waals surface area contributed by atoms with E-state index >= 15 is 0 Å². The molecule has 0 unspecified atom stereocenters. The van der Waals surface area contributed by atoms with Crippen LogP contribution in [-0.2, 0) is 0 Å². The quantitative estimate of drug-likeness (QED) is 0.373. The largest absolute Gasteiger partial charge is 0.338 e. The van der Waals surface area contributed by atoms with E-state index in [2.05, 4.69) is 37.3 Å². The van der Waals surface area contributed by atoms with Crippen molar-refractivity contribution in [1.29, 1.82) is 0 Å². The molecule has 0 saturated carbocycles. The van der Waals surface area contributed by atoms with Gasteiger partial charge in [-0.3, -0.25) is 10.1 Å². The Labute approximate surface area is 174 Å². The van der Waals surface area contributed by atoms with Crippen molar-refractivity contribution in [3.63, 3.8) is 0 Å². The second kappa shape index (κ2) is 6.60. The van der Waals surface area contributed by atoms with Gasteiger partial charge in [-0.1, -0.05) is 12.1 Å². The van der Waals surface area contributed by atoms with E-state index in [9.17, 15) is 4.39 Å². The van der Waals surface area contributed by atoms with Gasteiger partial charge in [-0.2, -0.15) is 9.49 Å². The lowest BCUT2D eigenvalue weighted by Crippen LogP contribution is -1.81. The summed E-state index contributed by atoms with van der Waals surface area (Å²) in [5.74, 6) is 0. The van der Waals surface area contributed by atoms with Crippen molar-refractivity contribution >= 4 is 33.3 Å². The van der Waals surface area contributed by atoms with Gasteiger partial charge >= 0.3 is 0 Å². The molecule has 0 aliphatic rings. The molecule has 0 fully saturated rings. The van der Waals surface area contributed by atoms with Crippen molar-refractivity contribution in [2.45, 2.75) is 0 Å². The number of pyridine rings is 2. The van der Waals surface area contributed by atoms with Crippen molar-refractivity contribution in [3.05, 3.63) is 78.3 Å². The van der Waals surface area contributed by atoms with Gasteiger partial charge in [-0.05, 0) is 48.0 Å². The highest BCUT2D eigenvalue weighted by Gasteiger charge is 2.15. The van der Waals surface area contributed by atoms with Crippen molar-refractivity contribution in [2.75, 3.05) is 0 Å². The molecule has 6 aromatic rings. The number of benzene rings is 1. The second-order valence-electron chi connectivity index (χ2n) is 6.98. The van der Waals surface area contributed by atoms with Crippen LogP contribution in [0.25, 0.3) is 54.9 Å². The molecule has 30 heavy (non-hydrogen) atoms. The summed E-state index contributed by atoms with van der Waals surface area (Å²) in [6, 6.07) is 17.4. The summed E-state index contributed by atoms with van der Waals surface area (Å²) in [5, 5.41) is 9.39. The van der Waals surface area contributed by atoms with Gasteiger partial charge in [0.1, 0.15) is 11.3 Å². The first-order valence-electron chi connectivity index (χ1n) is 9.38. The lowest BCUT2D eigenvalue weighted by Gasteiger charge is -2.01. The van der Waals surface area contributed by atoms with E-state index < -0.39 is 0 Å². The summed E-state index contributed by atoms with van der Waals surface area (Å²) in [7, 11) is 0. The van der Waals surface area contributed by atoms with Crippen LogP contribution in [0.4, 0.5) is 4.39 Å². The lowest BCUT2D eigenvalue weighted by molar-refractivity contribution is 0.657. The summed E-state index contributed by atoms with van der Waals surface area (Å²) in [6.07, 6.45) is 5.35. The summed E-state index contributed by atoms with van der Waals surface area (Å²) in [6.45, 7) is 0. The van der Waals surface area contributed by atoms with E-state index in [4.69, 9.17) is 0 Å². The molecule has 0 saturated heterocycles. The van der Waals surface area contributed by atoms with Gasteiger partial charge in [0.2, 0.25) is 0 Å². The number of aromatic amines is 2. The van der Waals surface area contributed by atoms with Crippen LogP contribution in [0.1, 0.15) is 0 Å². The van der Waals surface area contributed by atoms with Crippen LogP contribution >= 0.6 is 11.3 Å². The monoisotopic (exact) mass is 411 g/mol. The fraction of sp³-hybridized carbons (Fsp3) is 0. The summed E-state index contributed by atoms with van der Waals surface area (Å²) in [5.41, 5.74) is 6.44. The third-order valence-electron chi connectivity index (χ3n) is 5.18. The molecule has 0 bridgehead atoms. The summed E-state index contributed by atoms with van der Waals surface area (Å²) >= 11 is 1.13. The van der Waals surface area contributed by atoms with Gasteiger partial charge in [-0.25, -0.2) is 4.98 Å². The predicted octanol–water partition coefficient (Wildman–Crippen LogP) is 6.04. The Morgan fingerprint density at radius 2 is 1.87 bits per heavy atom. The smallest absolute Gasteiger partial charge is 0.176 e. The molecular weight excluding hydrogens is 397 g/mol. The molecule has 0 radical (unpaired) electrons. The number of nitrogens with one attached hydrogen (secondary N) is 2. The first kappa shape index (κ1) is 17.1. The Kier molecular flexibility index (Phi) is 3.75. The molecule has 0 aliphatic carbocycles. The van der Waals surface area contributed by atoms with Gasteiger partial charge in [-0.15, -0.1) is 11.3 Å². The van der Waals surface area contributed by atoms with Crippen LogP contribution in [0, 0.1) is 5.13 Å². The molecule has 5 heterocycles. The zero-order valence-electron chi connectivity index (χ0n) is 15.6. The SMILES string of the molecule is Fc1ccc(-c2ccnc3[nH]c(-c4n[nH]c5ccc(-c6cccnc6)cc45)cc23)s1. The number of halogens is 1. The summed E-state index contributed by atoms with van der Waals surface area (Å²) < 4.78 is 13.6. The minimum atomic E-state index is -0.202. The number of nitrogens with zero attached hydrogens (tertiary/aromatic N) is 3. The van der Waals surface area contributed by atoms with E-state index in [-0.39, 0.29) is 5.13 Å². The minimum Gasteiger partial charge on any atom is -0.338 e. The molecule has 7 heteroatoms. The molecule has 5 nitrogen and oxygen atoms in total. The van der Waals surface area contributed by atoms with Crippen LogP contribution < -0.4 is 0 Å². The molecule has 0 aliphatic heterocycles. The van der Waals surface area contributed by atoms with Crippen molar-refractivity contribution in [1.82, 2.24) is 25.1 Å². The third-order valence-corrected chi connectivity index (χ3v) is 6.09. The molecule has 0 spiro atoms. The first-order chi connectivity index (χ1) is 14.8. The average Bonchev–Trinajstić information content (AvgIpc) is 3.51. The number of aromatic nitrogens is 5. The van der Waals surface area contributed by atoms with Crippen LogP contribution in [0.2, 0.25) is 0 Å². The molecule has 0 amide bonds. The highest BCUT2D eigenvalue weighted by atomic mass is 32.1.